The Kier molecular flexibility index (Phi) is 5.20. The van der Waals surface area contributed by atoms with Crippen LogP contribution in [0.5, 0.6) is 11.5 Å². The molecule has 25 heavy (non-hydrogen) atoms. The second-order valence-corrected chi connectivity index (χ2v) is 5.42. The Hall–Kier alpha value is -2.99. The molecule has 0 aliphatic rings. The smallest absolute Gasteiger partial charge is 0.152 e. The van der Waals surface area contributed by atoms with Crippen molar-refractivity contribution in [2.24, 2.45) is 5.73 Å². The summed E-state index contributed by atoms with van der Waals surface area (Å²) in [5, 5.41) is 8.61. The van der Waals surface area contributed by atoms with Crippen molar-refractivity contribution < 1.29 is 9.47 Å². The molecule has 6 nitrogen and oxygen atoms in total. The van der Waals surface area contributed by atoms with Gasteiger partial charge in [-0.2, -0.15) is 0 Å². The van der Waals surface area contributed by atoms with Gasteiger partial charge in [-0.05, 0) is 55.1 Å². The van der Waals surface area contributed by atoms with E-state index in [1.54, 1.807) is 14.2 Å². The zero-order valence-corrected chi connectivity index (χ0v) is 14.3. The van der Waals surface area contributed by atoms with E-state index in [9.17, 15) is 0 Å². The number of hydrogen-bond donors (Lipinski definition) is 1. The molecular weight excluding hydrogens is 316 g/mol. The minimum absolute atomic E-state index is 0.478. The number of aromatic nitrogens is 3. The summed E-state index contributed by atoms with van der Waals surface area (Å²) in [5.41, 5.74) is 8.98. The third kappa shape index (κ3) is 3.75. The van der Waals surface area contributed by atoms with Crippen molar-refractivity contribution >= 4 is 0 Å². The van der Waals surface area contributed by atoms with Gasteiger partial charge in [0.1, 0.15) is 22.9 Å². The molecule has 0 saturated heterocycles. The Morgan fingerprint density at radius 1 is 0.760 bits per heavy atom. The third-order valence-electron chi connectivity index (χ3n) is 3.83. The number of ether oxygens (including phenoxy) is 2. The van der Waals surface area contributed by atoms with Crippen LogP contribution in [0.3, 0.4) is 0 Å². The Morgan fingerprint density at radius 3 is 1.76 bits per heavy atom. The molecule has 0 spiro atoms. The van der Waals surface area contributed by atoms with E-state index in [1.165, 1.54) is 0 Å². The highest BCUT2D eigenvalue weighted by atomic mass is 16.5. The second kappa shape index (κ2) is 7.72. The summed E-state index contributed by atoms with van der Waals surface area (Å²) in [7, 11) is 3.28. The molecule has 6 heteroatoms. The first-order valence-electron chi connectivity index (χ1n) is 7.97. The number of nitrogens with two attached hydrogens (primary N) is 1. The van der Waals surface area contributed by atoms with Gasteiger partial charge in [0.05, 0.1) is 14.2 Å². The van der Waals surface area contributed by atoms with Gasteiger partial charge in [0.2, 0.25) is 0 Å². The molecule has 0 atom stereocenters. The lowest BCUT2D eigenvalue weighted by Crippen LogP contribution is -2.09. The Bertz CT molecular complexity index is 833. The van der Waals surface area contributed by atoms with Crippen LogP contribution in [0.25, 0.3) is 22.5 Å². The van der Waals surface area contributed by atoms with Gasteiger partial charge in [-0.15, -0.1) is 10.2 Å². The van der Waals surface area contributed by atoms with Crippen molar-refractivity contribution in [1.82, 2.24) is 15.2 Å². The highest BCUT2D eigenvalue weighted by Crippen LogP contribution is 2.30. The molecule has 128 valence electrons. The fourth-order valence-corrected chi connectivity index (χ4v) is 2.49. The van der Waals surface area contributed by atoms with Crippen LogP contribution in [0.1, 0.15) is 5.82 Å². The largest absolute Gasteiger partial charge is 0.497 e. The third-order valence-corrected chi connectivity index (χ3v) is 3.83. The predicted molar refractivity (Wildman–Crippen MR) is 96.6 cm³/mol. The van der Waals surface area contributed by atoms with Crippen LogP contribution in [0.2, 0.25) is 0 Å². The molecule has 2 N–H and O–H groups in total. The van der Waals surface area contributed by atoms with Gasteiger partial charge in [0, 0.05) is 17.5 Å². The lowest BCUT2D eigenvalue weighted by Gasteiger charge is -2.10. The van der Waals surface area contributed by atoms with Crippen molar-refractivity contribution in [3.8, 4) is 34.0 Å². The summed E-state index contributed by atoms with van der Waals surface area (Å²) in [4.78, 5) is 4.68. The van der Waals surface area contributed by atoms with Crippen LogP contribution in [-0.2, 0) is 6.42 Å². The molecule has 3 aromatic rings. The molecule has 0 radical (unpaired) electrons. The standard InChI is InChI=1S/C19H20N4O2/c1-24-15-7-3-13(4-8-15)18-19(23-22-17(21-18)11-12-20)14-5-9-16(25-2)10-6-14/h3-10H,11-12,20H2,1-2H3. The van der Waals surface area contributed by atoms with Gasteiger partial charge >= 0.3 is 0 Å². The van der Waals surface area contributed by atoms with E-state index in [0.717, 1.165) is 28.3 Å². The van der Waals surface area contributed by atoms with Crippen LogP contribution in [0.4, 0.5) is 0 Å². The van der Waals surface area contributed by atoms with E-state index >= 15 is 0 Å². The fraction of sp³-hybridized carbons (Fsp3) is 0.211. The molecule has 0 unspecified atom stereocenters. The normalized spacial score (nSPS) is 10.5. The quantitative estimate of drug-likeness (QED) is 0.745. The molecule has 0 aliphatic heterocycles. The highest BCUT2D eigenvalue weighted by Gasteiger charge is 2.14. The molecule has 1 aromatic heterocycles. The maximum atomic E-state index is 5.63. The molecule has 0 fully saturated rings. The number of rotatable bonds is 6. The van der Waals surface area contributed by atoms with E-state index in [2.05, 4.69) is 15.2 Å². The maximum Gasteiger partial charge on any atom is 0.152 e. The number of benzene rings is 2. The molecule has 0 bridgehead atoms. The van der Waals surface area contributed by atoms with Crippen molar-refractivity contribution in [2.45, 2.75) is 6.42 Å². The van der Waals surface area contributed by atoms with Crippen molar-refractivity contribution in [1.29, 1.82) is 0 Å². The minimum atomic E-state index is 0.478. The van der Waals surface area contributed by atoms with E-state index in [-0.39, 0.29) is 0 Å². The minimum Gasteiger partial charge on any atom is -0.497 e. The van der Waals surface area contributed by atoms with Crippen LogP contribution < -0.4 is 15.2 Å². The molecule has 1 heterocycles. The molecule has 0 aliphatic carbocycles. The van der Waals surface area contributed by atoms with Crippen molar-refractivity contribution in [3.63, 3.8) is 0 Å². The van der Waals surface area contributed by atoms with E-state index in [4.69, 9.17) is 15.2 Å². The SMILES string of the molecule is COc1ccc(-c2nnc(CCN)nc2-c2ccc(OC)cc2)cc1. The molecule has 0 amide bonds. The van der Waals surface area contributed by atoms with Gasteiger partial charge in [0.25, 0.3) is 0 Å². The lowest BCUT2D eigenvalue weighted by atomic mass is 10.0. The van der Waals surface area contributed by atoms with Crippen molar-refractivity contribution in [2.75, 3.05) is 20.8 Å². The lowest BCUT2D eigenvalue weighted by molar-refractivity contribution is 0.414. The average Bonchev–Trinajstić information content (AvgIpc) is 2.68. The van der Waals surface area contributed by atoms with Gasteiger partial charge in [0.15, 0.2) is 5.82 Å². The van der Waals surface area contributed by atoms with E-state index < -0.39 is 0 Å². The van der Waals surface area contributed by atoms with Crippen LogP contribution in [0.15, 0.2) is 48.5 Å². The Morgan fingerprint density at radius 2 is 1.28 bits per heavy atom. The summed E-state index contributed by atoms with van der Waals surface area (Å²) in [6, 6.07) is 15.4. The Labute approximate surface area is 146 Å². The van der Waals surface area contributed by atoms with Gasteiger partial charge in [-0.25, -0.2) is 4.98 Å². The summed E-state index contributed by atoms with van der Waals surface area (Å²) in [6.45, 7) is 0.478. The number of nitrogens with zero attached hydrogens (tertiary/aromatic N) is 3. The zero-order valence-electron chi connectivity index (χ0n) is 14.3. The van der Waals surface area contributed by atoms with Gasteiger partial charge in [-0.3, -0.25) is 0 Å². The summed E-state index contributed by atoms with van der Waals surface area (Å²) in [5.74, 6) is 2.21. The van der Waals surface area contributed by atoms with Gasteiger partial charge in [-0.1, -0.05) is 0 Å². The van der Waals surface area contributed by atoms with Crippen molar-refractivity contribution in [3.05, 3.63) is 54.4 Å². The Balaban J connectivity index is 2.09. The van der Waals surface area contributed by atoms with Crippen LogP contribution in [0, 0.1) is 0 Å². The molecule has 2 aromatic carbocycles. The molecule has 0 saturated carbocycles. The second-order valence-electron chi connectivity index (χ2n) is 5.42. The molecular formula is C19H20N4O2. The monoisotopic (exact) mass is 336 g/mol. The first kappa shape index (κ1) is 16.9. The molecule has 3 rings (SSSR count). The summed E-state index contributed by atoms with van der Waals surface area (Å²) >= 11 is 0. The first-order chi connectivity index (χ1) is 12.2. The number of hydrogen-bond acceptors (Lipinski definition) is 6. The first-order valence-corrected chi connectivity index (χ1v) is 7.97. The summed E-state index contributed by atoms with van der Waals surface area (Å²) < 4.78 is 10.4. The summed E-state index contributed by atoms with van der Waals surface area (Å²) in [6.07, 6.45) is 0.582. The van der Waals surface area contributed by atoms with Crippen LogP contribution >= 0.6 is 0 Å². The fourth-order valence-electron chi connectivity index (χ4n) is 2.49. The van der Waals surface area contributed by atoms with Gasteiger partial charge < -0.3 is 15.2 Å². The van der Waals surface area contributed by atoms with E-state index in [0.29, 0.717) is 24.5 Å². The number of methoxy groups -OCH3 is 2. The zero-order chi connectivity index (χ0) is 17.6. The topological polar surface area (TPSA) is 83.2 Å². The predicted octanol–water partition coefficient (Wildman–Crippen LogP) is 2.72. The van der Waals surface area contributed by atoms with Crippen LogP contribution in [-0.4, -0.2) is 35.9 Å². The van der Waals surface area contributed by atoms with E-state index in [1.807, 2.05) is 48.5 Å². The average molecular weight is 336 g/mol. The maximum absolute atomic E-state index is 5.63. The highest BCUT2D eigenvalue weighted by molar-refractivity contribution is 5.77.